The van der Waals surface area contributed by atoms with E-state index in [9.17, 15) is 0 Å². The van der Waals surface area contributed by atoms with Crippen LogP contribution in [0.3, 0.4) is 0 Å². The van der Waals surface area contributed by atoms with Crippen LogP contribution in [-0.4, -0.2) is 11.2 Å². The van der Waals surface area contributed by atoms with Crippen LogP contribution in [0.4, 0.5) is 0 Å². The molecule has 9 heavy (non-hydrogen) atoms. The van der Waals surface area contributed by atoms with Gasteiger partial charge in [0.15, 0.2) is 0 Å². The van der Waals surface area contributed by atoms with E-state index in [0.717, 1.165) is 5.46 Å². The average molecular weight is 138 g/mol. The van der Waals surface area contributed by atoms with E-state index >= 15 is 0 Å². The van der Waals surface area contributed by atoms with Crippen LogP contribution in [0.1, 0.15) is 0 Å². The summed E-state index contributed by atoms with van der Waals surface area (Å²) in [7, 11) is 0. The zero-order chi connectivity index (χ0) is 6.69. The number of hydrogen-bond acceptors (Lipinski definition) is 2. The van der Waals surface area contributed by atoms with Crippen LogP contribution in [0.25, 0.3) is 0 Å². The maximum Gasteiger partial charge on any atom is 0.390 e. The van der Waals surface area contributed by atoms with Gasteiger partial charge in [0, 0.05) is 0 Å². The lowest BCUT2D eigenvalue weighted by molar-refractivity contribution is 0.609. The molecule has 0 aliphatic heterocycles. The Morgan fingerprint density at radius 1 is 1.22 bits per heavy atom. The van der Waals surface area contributed by atoms with Crippen molar-refractivity contribution < 1.29 is 5.02 Å². The number of thiol groups is 1. The minimum absolute atomic E-state index is 0.647. The lowest BCUT2D eigenvalue weighted by Gasteiger charge is -1.95. The highest BCUT2D eigenvalue weighted by molar-refractivity contribution is 8.10. The van der Waals surface area contributed by atoms with Gasteiger partial charge in [-0.2, -0.15) is 12.5 Å². The molecule has 3 heteroatoms. The second kappa shape index (κ2) is 2.94. The van der Waals surface area contributed by atoms with Crippen molar-refractivity contribution in [3.8, 4) is 0 Å². The molecule has 0 heterocycles. The summed E-state index contributed by atoms with van der Waals surface area (Å²) in [6.45, 7) is 0. The van der Waals surface area contributed by atoms with Crippen molar-refractivity contribution in [3.05, 3.63) is 30.3 Å². The van der Waals surface area contributed by atoms with E-state index in [4.69, 9.17) is 5.02 Å². The van der Waals surface area contributed by atoms with Gasteiger partial charge in [0.05, 0.1) is 0 Å². The molecule has 0 amide bonds. The molecule has 1 aromatic carbocycles. The Kier molecular flexibility index (Phi) is 2.19. The quantitative estimate of drug-likeness (QED) is 0.422. The molecular weight excluding hydrogens is 131 g/mol. The smallest absolute Gasteiger partial charge is 0.390 e. The van der Waals surface area contributed by atoms with Gasteiger partial charge in [0.2, 0.25) is 0 Å². The first-order valence-corrected chi connectivity index (χ1v) is 3.23. The SMILES string of the molecule is OB(S)c1ccccc1. The summed E-state index contributed by atoms with van der Waals surface area (Å²) >= 11 is 3.84. The predicted molar refractivity (Wildman–Crippen MR) is 43.0 cm³/mol. The molecule has 0 atom stereocenters. The van der Waals surface area contributed by atoms with Gasteiger partial charge in [-0.15, -0.1) is 0 Å². The standard InChI is InChI=1S/C6H7BOS/c8-7(9)6-4-2-1-3-5-6/h1-5,8-9H. The first kappa shape index (κ1) is 6.71. The molecule has 0 saturated carbocycles. The van der Waals surface area contributed by atoms with Gasteiger partial charge in [-0.3, -0.25) is 0 Å². The molecule has 0 aromatic heterocycles. The zero-order valence-electron chi connectivity index (χ0n) is 4.86. The van der Waals surface area contributed by atoms with E-state index in [1.807, 2.05) is 30.3 Å². The Morgan fingerprint density at radius 3 is 2.11 bits per heavy atom. The molecule has 1 rings (SSSR count). The molecule has 0 fully saturated rings. The van der Waals surface area contributed by atoms with E-state index in [2.05, 4.69) is 12.5 Å². The van der Waals surface area contributed by atoms with Gasteiger partial charge in [-0.25, -0.2) is 0 Å². The van der Waals surface area contributed by atoms with Crippen molar-refractivity contribution in [2.24, 2.45) is 0 Å². The number of hydrogen-bond donors (Lipinski definition) is 2. The van der Waals surface area contributed by atoms with Crippen molar-refractivity contribution >= 4 is 24.1 Å². The average Bonchev–Trinajstić information content (AvgIpc) is 1.90. The number of benzene rings is 1. The molecule has 0 aliphatic rings. The summed E-state index contributed by atoms with van der Waals surface area (Å²) in [5.74, 6) is 0. The van der Waals surface area contributed by atoms with Crippen LogP contribution in [0.2, 0.25) is 0 Å². The normalized spacial score (nSPS) is 9.11. The van der Waals surface area contributed by atoms with Gasteiger partial charge >= 0.3 is 6.19 Å². The van der Waals surface area contributed by atoms with Gasteiger partial charge < -0.3 is 5.02 Å². The van der Waals surface area contributed by atoms with Crippen molar-refractivity contribution in [2.75, 3.05) is 0 Å². The van der Waals surface area contributed by atoms with E-state index < -0.39 is 6.19 Å². The van der Waals surface area contributed by atoms with E-state index in [1.54, 1.807) is 0 Å². The Labute approximate surface area is 60.1 Å². The Bertz CT molecular complexity index is 176. The third-order valence-electron chi connectivity index (χ3n) is 1.10. The summed E-state index contributed by atoms with van der Waals surface area (Å²) in [5, 5.41) is 8.89. The summed E-state index contributed by atoms with van der Waals surface area (Å²) in [6.07, 6.45) is -0.647. The van der Waals surface area contributed by atoms with Crippen molar-refractivity contribution in [1.29, 1.82) is 0 Å². The lowest BCUT2D eigenvalue weighted by atomic mass is 9.87. The van der Waals surface area contributed by atoms with Crippen LogP contribution >= 0.6 is 12.5 Å². The Balaban J connectivity index is 2.85. The summed E-state index contributed by atoms with van der Waals surface area (Å²) in [6, 6.07) is 9.30. The van der Waals surface area contributed by atoms with Gasteiger partial charge in [0.25, 0.3) is 0 Å². The molecule has 46 valence electrons. The second-order valence-electron chi connectivity index (χ2n) is 1.78. The molecule has 0 unspecified atom stereocenters. The van der Waals surface area contributed by atoms with Crippen molar-refractivity contribution in [1.82, 2.24) is 0 Å². The van der Waals surface area contributed by atoms with Crippen LogP contribution in [0.5, 0.6) is 0 Å². The van der Waals surface area contributed by atoms with E-state index in [1.165, 1.54) is 0 Å². The molecule has 0 bridgehead atoms. The highest BCUT2D eigenvalue weighted by atomic mass is 32.1. The minimum atomic E-state index is -0.647. The fraction of sp³-hybridized carbons (Fsp3) is 0. The minimum Gasteiger partial charge on any atom is -0.438 e. The first-order chi connectivity index (χ1) is 4.30. The third-order valence-corrected chi connectivity index (χ3v) is 1.40. The first-order valence-electron chi connectivity index (χ1n) is 2.72. The highest BCUT2D eigenvalue weighted by Crippen LogP contribution is 1.87. The largest absolute Gasteiger partial charge is 0.438 e. The summed E-state index contributed by atoms with van der Waals surface area (Å²) < 4.78 is 0. The third kappa shape index (κ3) is 1.77. The van der Waals surface area contributed by atoms with Crippen molar-refractivity contribution in [2.45, 2.75) is 0 Å². The van der Waals surface area contributed by atoms with Crippen molar-refractivity contribution in [3.63, 3.8) is 0 Å². The molecule has 1 N–H and O–H groups in total. The molecule has 0 saturated heterocycles. The molecule has 1 nitrogen and oxygen atoms in total. The predicted octanol–water partition coefficient (Wildman–Crippen LogP) is 0.304. The molecule has 0 spiro atoms. The maximum atomic E-state index is 8.89. The highest BCUT2D eigenvalue weighted by Gasteiger charge is 2.04. The van der Waals surface area contributed by atoms with Gasteiger partial charge in [-0.1, -0.05) is 30.3 Å². The fourth-order valence-electron chi connectivity index (χ4n) is 0.625. The number of rotatable bonds is 1. The van der Waals surface area contributed by atoms with Crippen LogP contribution in [-0.2, 0) is 0 Å². The molecule has 1 aromatic rings. The topological polar surface area (TPSA) is 20.2 Å². The fourth-order valence-corrected chi connectivity index (χ4v) is 0.797. The van der Waals surface area contributed by atoms with Gasteiger partial charge in [0.1, 0.15) is 0 Å². The van der Waals surface area contributed by atoms with Gasteiger partial charge in [-0.05, 0) is 5.46 Å². The van der Waals surface area contributed by atoms with Crippen LogP contribution < -0.4 is 5.46 Å². The van der Waals surface area contributed by atoms with E-state index in [0.29, 0.717) is 0 Å². The Morgan fingerprint density at radius 2 is 1.78 bits per heavy atom. The second-order valence-corrected chi connectivity index (χ2v) is 2.27. The van der Waals surface area contributed by atoms with Crippen LogP contribution in [0, 0.1) is 0 Å². The summed E-state index contributed by atoms with van der Waals surface area (Å²) in [4.78, 5) is 0. The summed E-state index contributed by atoms with van der Waals surface area (Å²) in [5.41, 5.74) is 0.834. The maximum absolute atomic E-state index is 8.89. The van der Waals surface area contributed by atoms with Crippen LogP contribution in [0.15, 0.2) is 30.3 Å². The lowest BCUT2D eigenvalue weighted by Crippen LogP contribution is -2.22. The molecule has 0 aliphatic carbocycles. The van der Waals surface area contributed by atoms with E-state index in [-0.39, 0.29) is 0 Å². The Hall–Kier alpha value is -0.405. The monoisotopic (exact) mass is 138 g/mol. The molecule has 0 radical (unpaired) electrons. The zero-order valence-corrected chi connectivity index (χ0v) is 5.75. The molecular formula is C6H7BOS.